The van der Waals surface area contributed by atoms with Crippen LogP contribution in [-0.4, -0.2) is 51.1 Å². The average molecular weight is 390 g/mol. The maximum atomic E-state index is 9.67. The van der Waals surface area contributed by atoms with Gasteiger partial charge in [-0.1, -0.05) is 13.8 Å². The molecule has 27 heavy (non-hydrogen) atoms. The van der Waals surface area contributed by atoms with Crippen LogP contribution in [0.2, 0.25) is 0 Å². The van der Waals surface area contributed by atoms with Crippen molar-refractivity contribution in [3.63, 3.8) is 0 Å². The molecule has 2 aromatic rings. The Morgan fingerprint density at radius 2 is 1.96 bits per heavy atom. The molecule has 1 fully saturated rings. The van der Waals surface area contributed by atoms with Crippen LogP contribution < -0.4 is 4.90 Å². The van der Waals surface area contributed by atoms with Crippen LogP contribution in [0.15, 0.2) is 12.3 Å². The normalized spacial score (nSPS) is 17.1. The second-order valence-electron chi connectivity index (χ2n) is 7.85. The topological polar surface area (TPSA) is 65.4 Å². The molecule has 3 rings (SSSR count). The molecule has 1 aliphatic heterocycles. The van der Waals surface area contributed by atoms with E-state index in [9.17, 15) is 5.11 Å². The third-order valence-corrected chi connectivity index (χ3v) is 6.31. The molecule has 0 aromatic carbocycles. The van der Waals surface area contributed by atoms with Crippen LogP contribution >= 0.6 is 11.3 Å². The van der Waals surface area contributed by atoms with E-state index in [0.717, 1.165) is 59.7 Å². The van der Waals surface area contributed by atoms with Gasteiger partial charge in [-0.2, -0.15) is 0 Å². The first-order valence-corrected chi connectivity index (χ1v) is 10.6. The summed E-state index contributed by atoms with van der Waals surface area (Å²) >= 11 is 1.61. The van der Waals surface area contributed by atoms with Crippen LogP contribution in [0.5, 0.6) is 0 Å². The molecule has 2 aromatic heterocycles. The van der Waals surface area contributed by atoms with E-state index in [1.165, 1.54) is 0 Å². The number of nitrogens with zero attached hydrogens (tertiary/aromatic N) is 5. The van der Waals surface area contributed by atoms with E-state index < -0.39 is 6.10 Å². The predicted octanol–water partition coefficient (Wildman–Crippen LogP) is 3.52. The number of aliphatic hydroxyl groups excluding tert-OH is 1. The number of aromatic nitrogens is 3. The van der Waals surface area contributed by atoms with E-state index in [2.05, 4.69) is 46.7 Å². The Kier molecular flexibility index (Phi) is 6.44. The first-order chi connectivity index (χ1) is 12.8. The summed E-state index contributed by atoms with van der Waals surface area (Å²) in [6.45, 7) is 11.0. The summed E-state index contributed by atoms with van der Waals surface area (Å²) in [5.74, 6) is 2.34. The Balaban J connectivity index is 1.58. The maximum Gasteiger partial charge on any atom is 0.133 e. The van der Waals surface area contributed by atoms with Gasteiger partial charge in [0, 0.05) is 43.0 Å². The Hall–Kier alpha value is -1.57. The fourth-order valence-corrected chi connectivity index (χ4v) is 4.39. The van der Waals surface area contributed by atoms with Crippen molar-refractivity contribution in [3.05, 3.63) is 33.7 Å². The summed E-state index contributed by atoms with van der Waals surface area (Å²) in [5.41, 5.74) is 1.04. The van der Waals surface area contributed by atoms with Crippen LogP contribution in [0.1, 0.15) is 67.0 Å². The summed E-state index contributed by atoms with van der Waals surface area (Å²) in [7, 11) is 2.18. The van der Waals surface area contributed by atoms with Crippen molar-refractivity contribution in [1.29, 1.82) is 0 Å². The lowest BCUT2D eigenvalue weighted by atomic mass is 10.0. The Morgan fingerprint density at radius 3 is 2.56 bits per heavy atom. The second-order valence-corrected chi connectivity index (χ2v) is 8.99. The second kappa shape index (κ2) is 8.63. The Labute approximate surface area is 166 Å². The monoisotopic (exact) mass is 389 g/mol. The molecule has 1 aliphatic rings. The van der Waals surface area contributed by atoms with Crippen LogP contribution in [0, 0.1) is 6.92 Å². The van der Waals surface area contributed by atoms with Gasteiger partial charge in [-0.25, -0.2) is 15.0 Å². The summed E-state index contributed by atoms with van der Waals surface area (Å²) in [4.78, 5) is 19.5. The van der Waals surface area contributed by atoms with Gasteiger partial charge in [-0.05, 0) is 33.7 Å². The molecule has 0 bridgehead atoms. The minimum atomic E-state index is -0.433. The van der Waals surface area contributed by atoms with Gasteiger partial charge < -0.3 is 10.0 Å². The summed E-state index contributed by atoms with van der Waals surface area (Å²) < 4.78 is 0. The molecule has 148 valence electrons. The molecule has 0 aliphatic carbocycles. The van der Waals surface area contributed by atoms with Crippen LogP contribution in [0.25, 0.3) is 0 Å². The van der Waals surface area contributed by atoms with Gasteiger partial charge in [0.05, 0.1) is 17.5 Å². The molecule has 6 nitrogen and oxygen atoms in total. The quantitative estimate of drug-likeness (QED) is 0.815. The number of aryl methyl sites for hydroxylation is 1. The van der Waals surface area contributed by atoms with Crippen molar-refractivity contribution in [1.82, 2.24) is 19.9 Å². The number of piperidine rings is 1. The highest BCUT2D eigenvalue weighted by Crippen LogP contribution is 2.25. The molecule has 0 amide bonds. The van der Waals surface area contributed by atoms with Crippen molar-refractivity contribution in [2.75, 3.05) is 25.0 Å². The number of thiazole rings is 1. The van der Waals surface area contributed by atoms with Gasteiger partial charge >= 0.3 is 0 Å². The van der Waals surface area contributed by atoms with Crippen LogP contribution in [0.4, 0.5) is 5.82 Å². The van der Waals surface area contributed by atoms with E-state index in [4.69, 9.17) is 4.98 Å². The Morgan fingerprint density at radius 1 is 1.26 bits per heavy atom. The lowest BCUT2D eigenvalue weighted by molar-refractivity contribution is 0.200. The standard InChI is InChI=1S/C20H31N5OS/c1-13(2)20-22-14(3)10-18(23-20)25-8-6-16(7-9-25)24(5)12-19-21-11-17(27-19)15(4)26/h10-11,13,15-16,26H,6-9,12H2,1-5H3. The van der Waals surface area contributed by atoms with Crippen LogP contribution in [0.3, 0.4) is 0 Å². The predicted molar refractivity (Wildman–Crippen MR) is 110 cm³/mol. The smallest absolute Gasteiger partial charge is 0.133 e. The van der Waals surface area contributed by atoms with Gasteiger partial charge in [0.1, 0.15) is 16.6 Å². The van der Waals surface area contributed by atoms with Crippen molar-refractivity contribution < 1.29 is 5.11 Å². The Bertz CT molecular complexity index is 753. The zero-order valence-corrected chi connectivity index (χ0v) is 17.8. The highest BCUT2D eigenvalue weighted by molar-refractivity contribution is 7.11. The number of rotatable bonds is 6. The molecule has 1 N–H and O–H groups in total. The molecule has 3 heterocycles. The van der Waals surface area contributed by atoms with Gasteiger partial charge in [0.2, 0.25) is 0 Å². The molecule has 0 spiro atoms. The maximum absolute atomic E-state index is 9.67. The molecule has 1 unspecified atom stereocenters. The lowest BCUT2D eigenvalue weighted by Crippen LogP contribution is -2.43. The fraction of sp³-hybridized carbons (Fsp3) is 0.650. The summed E-state index contributed by atoms with van der Waals surface area (Å²) in [6, 6.07) is 2.65. The van der Waals surface area contributed by atoms with Crippen molar-refractivity contribution in [3.8, 4) is 0 Å². The molecule has 0 radical (unpaired) electrons. The van der Waals surface area contributed by atoms with Crippen molar-refractivity contribution in [2.45, 2.75) is 65.1 Å². The van der Waals surface area contributed by atoms with Gasteiger partial charge in [-0.15, -0.1) is 11.3 Å². The van der Waals surface area contributed by atoms with Crippen molar-refractivity contribution in [2.24, 2.45) is 0 Å². The third kappa shape index (κ3) is 5.03. The first kappa shape index (κ1) is 20.2. The summed E-state index contributed by atoms with van der Waals surface area (Å²) in [5, 5.41) is 10.7. The molecule has 1 atom stereocenters. The zero-order valence-electron chi connectivity index (χ0n) is 17.0. The van der Waals surface area contributed by atoms with Gasteiger partial charge in [-0.3, -0.25) is 4.90 Å². The van der Waals surface area contributed by atoms with E-state index in [-0.39, 0.29) is 0 Å². The first-order valence-electron chi connectivity index (χ1n) is 9.77. The van der Waals surface area contributed by atoms with Gasteiger partial charge in [0.15, 0.2) is 0 Å². The van der Waals surface area contributed by atoms with E-state index in [1.54, 1.807) is 24.5 Å². The molecular formula is C20H31N5OS. The van der Waals surface area contributed by atoms with E-state index in [1.807, 2.05) is 6.92 Å². The molecular weight excluding hydrogens is 358 g/mol. The third-order valence-electron chi connectivity index (χ3n) is 5.15. The summed E-state index contributed by atoms with van der Waals surface area (Å²) in [6.07, 6.45) is 3.60. The number of hydrogen-bond donors (Lipinski definition) is 1. The fourth-order valence-electron chi connectivity index (χ4n) is 3.46. The lowest BCUT2D eigenvalue weighted by Gasteiger charge is -2.37. The number of aliphatic hydroxyl groups is 1. The number of hydrogen-bond acceptors (Lipinski definition) is 7. The molecule has 7 heteroatoms. The highest BCUT2D eigenvalue weighted by Gasteiger charge is 2.24. The number of anilines is 1. The largest absolute Gasteiger partial charge is 0.388 e. The van der Waals surface area contributed by atoms with Crippen LogP contribution in [-0.2, 0) is 6.54 Å². The molecule has 1 saturated heterocycles. The van der Waals surface area contributed by atoms with E-state index >= 15 is 0 Å². The highest BCUT2D eigenvalue weighted by atomic mass is 32.1. The average Bonchev–Trinajstić information content (AvgIpc) is 3.10. The zero-order chi connectivity index (χ0) is 19.6. The van der Waals surface area contributed by atoms with E-state index in [0.29, 0.717) is 12.0 Å². The van der Waals surface area contributed by atoms with Gasteiger partial charge in [0.25, 0.3) is 0 Å². The van der Waals surface area contributed by atoms with Crippen molar-refractivity contribution >= 4 is 17.2 Å². The minimum absolute atomic E-state index is 0.345. The SMILES string of the molecule is Cc1cc(N2CCC(N(C)Cc3ncc(C(C)O)s3)CC2)nc(C(C)C)n1. The molecule has 0 saturated carbocycles. The minimum Gasteiger partial charge on any atom is -0.388 e.